The molecule has 1 N–H and O–H groups in total. The van der Waals surface area contributed by atoms with E-state index >= 15 is 0 Å². The zero-order valence-corrected chi connectivity index (χ0v) is 26.1. The van der Waals surface area contributed by atoms with Crippen molar-refractivity contribution >= 4 is 13.8 Å². The third kappa shape index (κ3) is 26.8. The maximum absolute atomic E-state index is 12.3. The second-order valence-corrected chi connectivity index (χ2v) is 12.6. The number of ether oxygens (including phenoxy) is 2. The average Bonchev–Trinajstić information content (AvgIpc) is 2.84. The smallest absolute Gasteiger partial charge is 0.457 e. The van der Waals surface area contributed by atoms with Crippen LogP contribution in [-0.4, -0.2) is 75.6 Å². The van der Waals surface area contributed by atoms with Gasteiger partial charge in [-0.25, -0.2) is 4.57 Å². The highest BCUT2D eigenvalue weighted by molar-refractivity contribution is 7.47. The van der Waals surface area contributed by atoms with Crippen LogP contribution in [0.1, 0.15) is 110 Å². The fourth-order valence-corrected chi connectivity index (χ4v) is 4.39. The number of nitrogens with zero attached hydrogens (tertiary/aromatic N) is 1. The monoisotopic (exact) mass is 564 g/mol. The number of hydrogen-bond donors (Lipinski definition) is 1. The number of quaternary nitrogens is 1. The predicted octanol–water partition coefficient (Wildman–Crippen LogP) is 7.20. The molecule has 0 aromatic heterocycles. The third-order valence-corrected chi connectivity index (χ3v) is 7.06. The molecule has 0 bridgehead atoms. The van der Waals surface area contributed by atoms with Crippen LogP contribution in [-0.2, 0) is 27.9 Å². The summed E-state index contributed by atoms with van der Waals surface area (Å²) in [5.41, 5.74) is 0. The first-order valence-electron chi connectivity index (χ1n) is 14.9. The molecule has 0 heterocycles. The van der Waals surface area contributed by atoms with E-state index in [0.29, 0.717) is 24.1 Å². The van der Waals surface area contributed by atoms with Gasteiger partial charge in [0, 0.05) is 13.0 Å². The van der Waals surface area contributed by atoms with Crippen molar-refractivity contribution in [1.29, 1.82) is 0 Å². The lowest BCUT2D eigenvalue weighted by atomic mass is 10.1. The number of hydrogen-bond acceptors (Lipinski definition) is 6. The van der Waals surface area contributed by atoms with E-state index in [4.69, 9.17) is 18.5 Å². The number of esters is 1. The molecule has 0 aliphatic carbocycles. The topological polar surface area (TPSA) is 91.3 Å². The highest BCUT2D eigenvalue weighted by Gasteiger charge is 2.26. The molecule has 0 aliphatic rings. The van der Waals surface area contributed by atoms with Crippen molar-refractivity contribution in [3.8, 4) is 0 Å². The number of phosphoric acid groups is 1. The number of likely N-dealkylation sites (N-methyl/N-ethyl adjacent to an activating group) is 1. The number of unbranched alkanes of at least 4 members (excludes halogenated alkanes) is 11. The lowest BCUT2D eigenvalue weighted by Gasteiger charge is -2.24. The van der Waals surface area contributed by atoms with Crippen LogP contribution in [0.25, 0.3) is 0 Å². The van der Waals surface area contributed by atoms with Gasteiger partial charge in [0.15, 0.2) is 0 Å². The first-order valence-corrected chi connectivity index (χ1v) is 16.4. The van der Waals surface area contributed by atoms with Gasteiger partial charge >= 0.3 is 13.8 Å². The van der Waals surface area contributed by atoms with Crippen LogP contribution in [0.15, 0.2) is 12.2 Å². The second-order valence-electron chi connectivity index (χ2n) is 11.1. The minimum absolute atomic E-state index is 0.0886. The average molecular weight is 565 g/mol. The molecular formula is C29H59NO7P+. The fraction of sp³-hybridized carbons (Fsp3) is 0.897. The molecular weight excluding hydrogens is 505 g/mol. The van der Waals surface area contributed by atoms with Crippen LogP contribution in [0.4, 0.5) is 0 Å². The van der Waals surface area contributed by atoms with E-state index in [1.807, 2.05) is 21.1 Å². The second kappa shape index (κ2) is 24.1. The molecule has 0 aromatic carbocycles. The van der Waals surface area contributed by atoms with Gasteiger partial charge in [0.05, 0.1) is 34.4 Å². The Morgan fingerprint density at radius 3 is 2.05 bits per heavy atom. The Balaban J connectivity index is 4.27. The molecule has 2 atom stereocenters. The van der Waals surface area contributed by atoms with Crippen LogP contribution < -0.4 is 0 Å². The van der Waals surface area contributed by atoms with E-state index in [2.05, 4.69) is 26.0 Å². The zero-order valence-electron chi connectivity index (χ0n) is 25.2. The predicted molar refractivity (Wildman–Crippen MR) is 155 cm³/mol. The first-order chi connectivity index (χ1) is 18.1. The van der Waals surface area contributed by atoms with Gasteiger partial charge in [-0.1, -0.05) is 83.8 Å². The summed E-state index contributed by atoms with van der Waals surface area (Å²) in [7, 11) is 1.66. The molecule has 0 fully saturated rings. The quantitative estimate of drug-likeness (QED) is 0.0371. The van der Waals surface area contributed by atoms with Crippen molar-refractivity contribution in [2.45, 2.75) is 116 Å². The van der Waals surface area contributed by atoms with Crippen LogP contribution in [0, 0.1) is 0 Å². The van der Waals surface area contributed by atoms with Crippen molar-refractivity contribution < 1.29 is 37.3 Å². The molecule has 0 aliphatic heterocycles. The van der Waals surface area contributed by atoms with E-state index in [-0.39, 0.29) is 25.8 Å². The SMILES string of the molecule is CCCC/C=C\CCCCCCCCOCC(COP(=O)(O)OCC[N+](C)(C)C)OC(=O)CCCCCC. The van der Waals surface area contributed by atoms with Crippen LogP contribution in [0.3, 0.4) is 0 Å². The Labute approximate surface area is 233 Å². The minimum Gasteiger partial charge on any atom is -0.457 e. The summed E-state index contributed by atoms with van der Waals surface area (Å²) in [5.74, 6) is -0.336. The van der Waals surface area contributed by atoms with Gasteiger partial charge < -0.3 is 18.9 Å². The molecule has 0 aromatic rings. The Morgan fingerprint density at radius 1 is 0.789 bits per heavy atom. The van der Waals surface area contributed by atoms with Gasteiger partial charge in [0.25, 0.3) is 0 Å². The van der Waals surface area contributed by atoms with E-state index in [0.717, 1.165) is 38.5 Å². The molecule has 226 valence electrons. The Bertz CT molecular complexity index is 637. The lowest BCUT2D eigenvalue weighted by Crippen LogP contribution is -2.37. The summed E-state index contributed by atoms with van der Waals surface area (Å²) in [4.78, 5) is 22.3. The molecule has 0 saturated carbocycles. The largest absolute Gasteiger partial charge is 0.472 e. The maximum atomic E-state index is 12.3. The Hall–Kier alpha value is -0.760. The van der Waals surface area contributed by atoms with Gasteiger partial charge in [0.2, 0.25) is 0 Å². The standard InChI is InChI=1S/C29H58NO7P/c1-6-8-10-12-13-14-15-16-17-18-19-21-24-34-26-28(37-29(31)22-20-11-9-7-2)27-36-38(32,33)35-25-23-30(3,4)5/h12-13,28H,6-11,14-27H2,1-5H3/p+1/b13-12-. The normalized spacial score (nSPS) is 14.6. The number of allylic oxidation sites excluding steroid dienone is 2. The number of rotatable bonds is 27. The fourth-order valence-electron chi connectivity index (χ4n) is 3.65. The third-order valence-electron chi connectivity index (χ3n) is 6.08. The number of phosphoric ester groups is 1. The molecule has 2 unspecified atom stereocenters. The molecule has 9 heteroatoms. The molecule has 0 saturated heterocycles. The molecule has 0 amide bonds. The van der Waals surface area contributed by atoms with E-state index in [1.54, 1.807) is 0 Å². The van der Waals surface area contributed by atoms with E-state index < -0.39 is 13.9 Å². The highest BCUT2D eigenvalue weighted by Crippen LogP contribution is 2.43. The summed E-state index contributed by atoms with van der Waals surface area (Å²) >= 11 is 0. The summed E-state index contributed by atoms with van der Waals surface area (Å²) in [6.45, 7) is 5.43. The Morgan fingerprint density at radius 2 is 1.39 bits per heavy atom. The molecule has 0 rings (SSSR count). The summed E-state index contributed by atoms with van der Waals surface area (Å²) in [6.07, 6.45) is 20.0. The van der Waals surface area contributed by atoms with Crippen molar-refractivity contribution in [3.63, 3.8) is 0 Å². The summed E-state index contributed by atoms with van der Waals surface area (Å²) < 4.78 is 34.3. The zero-order chi connectivity index (χ0) is 28.5. The van der Waals surface area contributed by atoms with Crippen molar-refractivity contribution in [1.82, 2.24) is 0 Å². The number of carbonyl (C=O) groups excluding carboxylic acids is 1. The van der Waals surface area contributed by atoms with Crippen molar-refractivity contribution in [3.05, 3.63) is 12.2 Å². The number of carbonyl (C=O) groups is 1. The Kier molecular flexibility index (Phi) is 23.6. The molecule has 38 heavy (non-hydrogen) atoms. The van der Waals surface area contributed by atoms with Gasteiger partial charge in [-0.3, -0.25) is 13.8 Å². The van der Waals surface area contributed by atoms with Crippen molar-refractivity contribution in [2.24, 2.45) is 0 Å². The van der Waals surface area contributed by atoms with Gasteiger partial charge in [-0.05, 0) is 32.1 Å². The lowest BCUT2D eigenvalue weighted by molar-refractivity contribution is -0.870. The van der Waals surface area contributed by atoms with Crippen LogP contribution in [0.5, 0.6) is 0 Å². The van der Waals surface area contributed by atoms with Crippen LogP contribution in [0.2, 0.25) is 0 Å². The summed E-state index contributed by atoms with van der Waals surface area (Å²) in [5, 5.41) is 0. The van der Waals surface area contributed by atoms with Crippen molar-refractivity contribution in [2.75, 3.05) is 54.1 Å². The molecule has 8 nitrogen and oxygen atoms in total. The minimum atomic E-state index is -4.24. The van der Waals surface area contributed by atoms with E-state index in [1.165, 1.54) is 51.4 Å². The van der Waals surface area contributed by atoms with E-state index in [9.17, 15) is 14.3 Å². The van der Waals surface area contributed by atoms with Gasteiger partial charge in [-0.15, -0.1) is 0 Å². The van der Waals surface area contributed by atoms with Gasteiger partial charge in [-0.2, -0.15) is 0 Å². The van der Waals surface area contributed by atoms with Gasteiger partial charge in [0.1, 0.15) is 19.3 Å². The summed E-state index contributed by atoms with van der Waals surface area (Å²) in [6, 6.07) is 0. The molecule has 0 radical (unpaired) electrons. The highest BCUT2D eigenvalue weighted by atomic mass is 31.2. The first kappa shape index (κ1) is 37.2. The molecule has 0 spiro atoms. The maximum Gasteiger partial charge on any atom is 0.472 e. The van der Waals surface area contributed by atoms with Crippen LogP contribution >= 0.6 is 7.82 Å².